The lowest BCUT2D eigenvalue weighted by Crippen LogP contribution is -2.31. The first-order valence-electron chi connectivity index (χ1n) is 15.2. The molecule has 0 aromatic heterocycles. The van der Waals surface area contributed by atoms with Gasteiger partial charge in [0.25, 0.3) is 0 Å². The number of unbranched alkanes of at least 4 members (excludes halogenated alkanes) is 2. The highest BCUT2D eigenvalue weighted by atomic mass is 14.5. The summed E-state index contributed by atoms with van der Waals surface area (Å²) in [6.45, 7) is 18.5. The topological polar surface area (TPSA) is 0 Å². The fourth-order valence-corrected chi connectivity index (χ4v) is 7.35. The van der Waals surface area contributed by atoms with E-state index in [1.54, 1.807) is 11.1 Å². The Morgan fingerprint density at radius 1 is 0.487 bits per heavy atom. The Morgan fingerprint density at radius 3 is 1.28 bits per heavy atom. The molecule has 0 heterocycles. The number of aryl methyl sites for hydroxylation is 4. The van der Waals surface area contributed by atoms with Crippen LogP contribution in [0.5, 0.6) is 0 Å². The molecule has 202 valence electrons. The molecule has 0 N–H and O–H groups in total. The van der Waals surface area contributed by atoms with Crippen molar-refractivity contribution in [3.05, 3.63) is 127 Å². The van der Waals surface area contributed by atoms with Gasteiger partial charge >= 0.3 is 0 Å². The summed E-state index contributed by atoms with van der Waals surface area (Å²) in [5, 5.41) is 0. The Bertz CT molecular complexity index is 1410. The van der Waals surface area contributed by atoms with Crippen LogP contribution >= 0.6 is 0 Å². The Balaban J connectivity index is 1.97. The molecule has 0 unspecified atom stereocenters. The first-order chi connectivity index (χ1) is 18.7. The van der Waals surface area contributed by atoms with Crippen LogP contribution in [0.1, 0.15) is 106 Å². The van der Waals surface area contributed by atoms with Gasteiger partial charge in [-0.1, -0.05) is 98.5 Å². The third-order valence-corrected chi connectivity index (χ3v) is 9.48. The second-order valence-corrected chi connectivity index (χ2v) is 12.1. The van der Waals surface area contributed by atoms with Crippen LogP contribution in [0, 0.1) is 41.5 Å². The highest BCUT2D eigenvalue weighted by Gasteiger charge is 2.48. The molecule has 0 aliphatic heterocycles. The van der Waals surface area contributed by atoms with Crippen molar-refractivity contribution < 1.29 is 0 Å². The van der Waals surface area contributed by atoms with E-state index in [-0.39, 0.29) is 5.41 Å². The summed E-state index contributed by atoms with van der Waals surface area (Å²) in [6.07, 6.45) is 7.19. The van der Waals surface area contributed by atoms with E-state index in [0.29, 0.717) is 0 Å². The van der Waals surface area contributed by atoms with Gasteiger partial charge in [0.1, 0.15) is 0 Å². The minimum atomic E-state index is -0.333. The zero-order valence-electron chi connectivity index (χ0n) is 25.5. The lowest BCUT2D eigenvalue weighted by atomic mass is 9.63. The fourth-order valence-electron chi connectivity index (χ4n) is 7.35. The van der Waals surface area contributed by atoms with Gasteiger partial charge < -0.3 is 0 Å². The van der Waals surface area contributed by atoms with Crippen LogP contribution in [0.15, 0.2) is 60.7 Å². The molecule has 0 saturated carbocycles. The summed E-state index contributed by atoms with van der Waals surface area (Å²) in [6, 6.07) is 24.1. The number of hydrogen-bond acceptors (Lipinski definition) is 0. The van der Waals surface area contributed by atoms with E-state index in [1.807, 2.05) is 0 Å². The maximum absolute atomic E-state index is 2.49. The zero-order valence-corrected chi connectivity index (χ0v) is 25.5. The summed E-state index contributed by atoms with van der Waals surface area (Å²) in [7, 11) is 0. The molecule has 0 atom stereocenters. The van der Waals surface area contributed by atoms with Gasteiger partial charge in [-0.15, -0.1) is 0 Å². The third kappa shape index (κ3) is 4.37. The van der Waals surface area contributed by atoms with Crippen LogP contribution in [0.4, 0.5) is 0 Å². The lowest BCUT2D eigenvalue weighted by Gasteiger charge is -2.38. The molecule has 39 heavy (non-hydrogen) atoms. The summed E-state index contributed by atoms with van der Waals surface area (Å²) < 4.78 is 0. The average molecular weight is 515 g/mol. The van der Waals surface area contributed by atoms with Crippen molar-refractivity contribution in [2.24, 2.45) is 0 Å². The molecule has 0 heteroatoms. The minimum Gasteiger partial charge on any atom is -0.0654 e. The predicted octanol–water partition coefficient (Wildman–Crippen LogP) is 10.6. The van der Waals surface area contributed by atoms with E-state index in [0.717, 1.165) is 12.8 Å². The highest BCUT2D eigenvalue weighted by molar-refractivity contribution is 5.87. The van der Waals surface area contributed by atoms with E-state index in [2.05, 4.69) is 116 Å². The molecule has 0 spiro atoms. The molecule has 1 aliphatic rings. The molecule has 0 amide bonds. The quantitative estimate of drug-likeness (QED) is 0.193. The van der Waals surface area contributed by atoms with Crippen LogP contribution in [-0.2, 0) is 18.3 Å². The Kier molecular flexibility index (Phi) is 7.60. The first-order valence-corrected chi connectivity index (χ1v) is 15.2. The van der Waals surface area contributed by atoms with Gasteiger partial charge in [0.05, 0.1) is 5.41 Å². The van der Waals surface area contributed by atoms with Crippen LogP contribution < -0.4 is 0 Å². The minimum absolute atomic E-state index is 0.333. The second-order valence-electron chi connectivity index (χ2n) is 12.1. The zero-order chi connectivity index (χ0) is 27.9. The molecule has 0 nitrogen and oxygen atoms in total. The monoisotopic (exact) mass is 514 g/mol. The Labute approximate surface area is 237 Å². The summed E-state index contributed by atoms with van der Waals surface area (Å²) in [5.41, 5.74) is 19.8. The van der Waals surface area contributed by atoms with E-state index >= 15 is 0 Å². The van der Waals surface area contributed by atoms with Crippen LogP contribution in [0.3, 0.4) is 0 Å². The van der Waals surface area contributed by atoms with Crippen molar-refractivity contribution >= 4 is 0 Å². The largest absolute Gasteiger partial charge is 0.0719 e. The van der Waals surface area contributed by atoms with Crippen LogP contribution in [0.2, 0.25) is 0 Å². The van der Waals surface area contributed by atoms with Crippen molar-refractivity contribution in [2.45, 2.75) is 99.3 Å². The second kappa shape index (κ2) is 10.8. The van der Waals surface area contributed by atoms with Gasteiger partial charge in [-0.3, -0.25) is 0 Å². The van der Waals surface area contributed by atoms with Crippen molar-refractivity contribution in [1.29, 1.82) is 0 Å². The molecule has 0 fully saturated rings. The maximum Gasteiger partial charge on any atom is 0.0719 e. The number of hydrogen-bond donors (Lipinski definition) is 0. The standard InChI is InChI=1S/C39H46/c1-9-11-13-31-27(5)17-21-35(29(31)7)39(36-22-18-28(6)32(30(36)8)14-12-10-2)37-23-25(3)15-19-33(37)34-20-16-26(4)24-38(34)39/h15-24H,9-14H2,1-8H3. The van der Waals surface area contributed by atoms with Crippen molar-refractivity contribution in [2.75, 3.05) is 0 Å². The first kappa shape index (κ1) is 27.4. The van der Waals surface area contributed by atoms with Gasteiger partial charge in [-0.25, -0.2) is 0 Å². The smallest absolute Gasteiger partial charge is 0.0654 e. The SMILES string of the molecule is CCCCc1c(C)ccc(C2(c3ccc(C)c(CCCC)c3C)c3cc(C)ccc3-c3ccc(C)cc32)c1C. The molecule has 4 aromatic carbocycles. The molecule has 0 radical (unpaired) electrons. The molecule has 1 aliphatic carbocycles. The summed E-state index contributed by atoms with van der Waals surface area (Å²) in [4.78, 5) is 0. The van der Waals surface area contributed by atoms with Crippen molar-refractivity contribution in [3.63, 3.8) is 0 Å². The highest BCUT2D eigenvalue weighted by Crippen LogP contribution is 2.58. The maximum atomic E-state index is 2.49. The van der Waals surface area contributed by atoms with Crippen molar-refractivity contribution in [1.82, 2.24) is 0 Å². The molecule has 4 aromatic rings. The Morgan fingerprint density at radius 2 is 0.897 bits per heavy atom. The van der Waals surface area contributed by atoms with Crippen molar-refractivity contribution in [3.8, 4) is 11.1 Å². The van der Waals surface area contributed by atoms with Gasteiger partial charge in [0.2, 0.25) is 0 Å². The summed E-state index contributed by atoms with van der Waals surface area (Å²) in [5.74, 6) is 0. The average Bonchev–Trinajstić information content (AvgIpc) is 3.18. The van der Waals surface area contributed by atoms with Crippen LogP contribution in [0.25, 0.3) is 11.1 Å². The Hall–Kier alpha value is -3.12. The molecule has 0 bridgehead atoms. The predicted molar refractivity (Wildman–Crippen MR) is 169 cm³/mol. The number of benzene rings is 4. The fraction of sp³-hybridized carbons (Fsp3) is 0.385. The van der Waals surface area contributed by atoms with Gasteiger partial charge in [0.15, 0.2) is 0 Å². The van der Waals surface area contributed by atoms with Gasteiger partial charge in [-0.2, -0.15) is 0 Å². The lowest BCUT2D eigenvalue weighted by molar-refractivity contribution is 0.729. The van der Waals surface area contributed by atoms with E-state index in [4.69, 9.17) is 0 Å². The molecular weight excluding hydrogens is 468 g/mol. The normalized spacial score (nSPS) is 13.4. The van der Waals surface area contributed by atoms with Gasteiger partial charge in [-0.05, 0) is 134 Å². The van der Waals surface area contributed by atoms with Crippen LogP contribution in [-0.4, -0.2) is 0 Å². The summed E-state index contributed by atoms with van der Waals surface area (Å²) >= 11 is 0. The van der Waals surface area contributed by atoms with E-state index in [9.17, 15) is 0 Å². The molecular formula is C39H46. The number of rotatable bonds is 8. The molecule has 0 saturated heterocycles. The third-order valence-electron chi connectivity index (χ3n) is 9.48. The molecule has 5 rings (SSSR count). The number of fused-ring (bicyclic) bond motifs is 3. The van der Waals surface area contributed by atoms with Gasteiger partial charge in [0, 0.05) is 0 Å². The van der Waals surface area contributed by atoms with E-state index < -0.39 is 0 Å². The van der Waals surface area contributed by atoms with E-state index in [1.165, 1.54) is 92.4 Å².